The van der Waals surface area contributed by atoms with Crippen molar-refractivity contribution in [2.24, 2.45) is 23.7 Å². The number of nitrogens with zero attached hydrogens (tertiary/aromatic N) is 1. The van der Waals surface area contributed by atoms with Crippen LogP contribution in [0.4, 0.5) is 0 Å². The fraction of sp³-hybridized carbons (Fsp3) is 1.00. The van der Waals surface area contributed by atoms with Crippen LogP contribution in [0.5, 0.6) is 0 Å². The molecule has 1 saturated heterocycles. The van der Waals surface area contributed by atoms with E-state index in [1.54, 1.807) is 38.5 Å². The van der Waals surface area contributed by atoms with E-state index in [2.05, 4.69) is 10.2 Å². The van der Waals surface area contributed by atoms with Crippen molar-refractivity contribution < 1.29 is 0 Å². The van der Waals surface area contributed by atoms with Crippen molar-refractivity contribution in [3.8, 4) is 0 Å². The van der Waals surface area contributed by atoms with Gasteiger partial charge < -0.3 is 5.32 Å². The molecular weight excluding hydrogens is 292 g/mol. The largest absolute Gasteiger partial charge is 0.303 e. The predicted octanol–water partition coefficient (Wildman–Crippen LogP) is 5.18. The van der Waals surface area contributed by atoms with Gasteiger partial charge in [-0.15, -0.1) is 0 Å². The Morgan fingerprint density at radius 1 is 0.625 bits per heavy atom. The highest BCUT2D eigenvalue weighted by molar-refractivity contribution is 4.92. The van der Waals surface area contributed by atoms with Crippen LogP contribution in [0.2, 0.25) is 0 Å². The summed E-state index contributed by atoms with van der Waals surface area (Å²) in [4.78, 5) is 2.85. The van der Waals surface area contributed by atoms with Gasteiger partial charge in [0.15, 0.2) is 0 Å². The van der Waals surface area contributed by atoms with Crippen LogP contribution in [0.1, 0.15) is 89.9 Å². The molecule has 4 aliphatic rings. The molecule has 1 N–H and O–H groups in total. The Balaban J connectivity index is 1.36. The quantitative estimate of drug-likeness (QED) is 0.762. The fourth-order valence-corrected chi connectivity index (χ4v) is 6.80. The topological polar surface area (TPSA) is 15.3 Å². The Kier molecular flexibility index (Phi) is 6.17. The summed E-state index contributed by atoms with van der Waals surface area (Å²) >= 11 is 0. The molecule has 24 heavy (non-hydrogen) atoms. The highest BCUT2D eigenvalue weighted by Gasteiger charge is 2.38. The average Bonchev–Trinajstić information content (AvgIpc) is 3.18. The summed E-state index contributed by atoms with van der Waals surface area (Å²) in [6.45, 7) is 3.70. The van der Waals surface area contributed by atoms with Crippen LogP contribution in [0.25, 0.3) is 0 Å². The van der Waals surface area contributed by atoms with E-state index in [0.29, 0.717) is 0 Å². The molecule has 0 amide bonds. The first-order valence-corrected chi connectivity index (χ1v) is 11.4. The molecule has 0 aromatic carbocycles. The zero-order chi connectivity index (χ0) is 16.2. The van der Waals surface area contributed by atoms with E-state index < -0.39 is 0 Å². The van der Waals surface area contributed by atoms with Crippen molar-refractivity contribution in [2.45, 2.75) is 95.9 Å². The summed E-state index contributed by atoms with van der Waals surface area (Å²) in [6.07, 6.45) is 21.4. The minimum absolute atomic E-state index is 0.910. The first-order chi connectivity index (χ1) is 11.9. The van der Waals surface area contributed by atoms with Crippen LogP contribution in [-0.4, -0.2) is 30.7 Å². The van der Waals surface area contributed by atoms with Gasteiger partial charge in [-0.25, -0.2) is 0 Å². The molecule has 1 heterocycles. The number of hydrogen-bond acceptors (Lipinski definition) is 2. The highest BCUT2D eigenvalue weighted by atomic mass is 15.3. The molecule has 0 bridgehead atoms. The molecule has 0 aromatic heterocycles. The molecule has 138 valence electrons. The second kappa shape index (κ2) is 8.54. The maximum atomic E-state index is 3.62. The summed E-state index contributed by atoms with van der Waals surface area (Å²) < 4.78 is 0. The molecule has 4 rings (SSSR count). The van der Waals surface area contributed by atoms with E-state index in [9.17, 15) is 0 Å². The number of hydrogen-bond donors (Lipinski definition) is 1. The maximum absolute atomic E-state index is 3.62. The molecule has 0 radical (unpaired) electrons. The molecule has 3 saturated carbocycles. The molecule has 2 nitrogen and oxygen atoms in total. The van der Waals surface area contributed by atoms with Crippen molar-refractivity contribution in [2.75, 3.05) is 19.8 Å². The lowest BCUT2D eigenvalue weighted by Gasteiger charge is -2.45. The lowest BCUT2D eigenvalue weighted by Crippen LogP contribution is -2.47. The molecule has 1 aliphatic heterocycles. The van der Waals surface area contributed by atoms with Gasteiger partial charge in [0.1, 0.15) is 0 Å². The molecule has 2 heteroatoms. The highest BCUT2D eigenvalue weighted by Crippen LogP contribution is 2.44. The molecule has 1 atom stereocenters. The van der Waals surface area contributed by atoms with Crippen LogP contribution < -0.4 is 5.32 Å². The third-order valence-corrected chi connectivity index (χ3v) is 8.06. The monoisotopic (exact) mass is 332 g/mol. The molecule has 4 fully saturated rings. The van der Waals surface area contributed by atoms with E-state index in [1.165, 1.54) is 71.1 Å². The van der Waals surface area contributed by atoms with E-state index in [4.69, 9.17) is 0 Å². The molecule has 0 aromatic rings. The molecule has 0 unspecified atom stereocenters. The van der Waals surface area contributed by atoms with E-state index in [0.717, 1.165) is 29.7 Å². The predicted molar refractivity (Wildman–Crippen MR) is 102 cm³/mol. The normalized spacial score (nSPS) is 36.0. The Hall–Kier alpha value is -0.0800. The fourth-order valence-electron chi connectivity index (χ4n) is 6.80. The third-order valence-electron chi connectivity index (χ3n) is 8.06. The SMILES string of the molecule is C1CCC(C2CCC([C@H](C3CCCCC3)N3CCNC3)CC2)CC1. The van der Waals surface area contributed by atoms with Crippen molar-refractivity contribution in [1.82, 2.24) is 10.2 Å². The minimum Gasteiger partial charge on any atom is -0.303 e. The first kappa shape index (κ1) is 17.3. The summed E-state index contributed by atoms with van der Waals surface area (Å²) in [5.74, 6) is 4.20. The Morgan fingerprint density at radius 3 is 1.83 bits per heavy atom. The van der Waals surface area contributed by atoms with Crippen LogP contribution in [-0.2, 0) is 0 Å². The summed E-state index contributed by atoms with van der Waals surface area (Å²) in [5, 5.41) is 3.62. The Morgan fingerprint density at radius 2 is 1.21 bits per heavy atom. The van der Waals surface area contributed by atoms with Gasteiger partial charge >= 0.3 is 0 Å². The molecule has 3 aliphatic carbocycles. The van der Waals surface area contributed by atoms with Gasteiger partial charge in [0.05, 0.1) is 0 Å². The van der Waals surface area contributed by atoms with Gasteiger partial charge in [-0.1, -0.05) is 51.4 Å². The van der Waals surface area contributed by atoms with E-state index in [1.807, 2.05) is 0 Å². The minimum atomic E-state index is 0.910. The molecule has 0 spiro atoms. The van der Waals surface area contributed by atoms with Gasteiger partial charge in [-0.3, -0.25) is 4.90 Å². The molecular formula is C22H40N2. The van der Waals surface area contributed by atoms with Crippen molar-refractivity contribution in [3.63, 3.8) is 0 Å². The van der Waals surface area contributed by atoms with Gasteiger partial charge in [-0.05, 0) is 62.2 Å². The second-order valence-corrected chi connectivity index (χ2v) is 9.43. The third kappa shape index (κ3) is 4.01. The lowest BCUT2D eigenvalue weighted by atomic mass is 9.67. The maximum Gasteiger partial charge on any atom is 0.0484 e. The van der Waals surface area contributed by atoms with Crippen molar-refractivity contribution in [1.29, 1.82) is 0 Å². The van der Waals surface area contributed by atoms with Gasteiger partial charge in [-0.2, -0.15) is 0 Å². The lowest BCUT2D eigenvalue weighted by molar-refractivity contribution is 0.0512. The van der Waals surface area contributed by atoms with Gasteiger partial charge in [0, 0.05) is 25.8 Å². The summed E-state index contributed by atoms with van der Waals surface area (Å²) in [6, 6.07) is 0.910. The van der Waals surface area contributed by atoms with Crippen LogP contribution in [0, 0.1) is 23.7 Å². The van der Waals surface area contributed by atoms with Crippen LogP contribution >= 0.6 is 0 Å². The van der Waals surface area contributed by atoms with Gasteiger partial charge in [0.25, 0.3) is 0 Å². The van der Waals surface area contributed by atoms with Crippen LogP contribution in [0.3, 0.4) is 0 Å². The number of rotatable bonds is 4. The average molecular weight is 333 g/mol. The van der Waals surface area contributed by atoms with Crippen LogP contribution in [0.15, 0.2) is 0 Å². The van der Waals surface area contributed by atoms with E-state index in [-0.39, 0.29) is 0 Å². The second-order valence-electron chi connectivity index (χ2n) is 9.43. The first-order valence-electron chi connectivity index (χ1n) is 11.4. The zero-order valence-corrected chi connectivity index (χ0v) is 15.9. The smallest absolute Gasteiger partial charge is 0.0484 e. The Labute approximate surface area is 150 Å². The van der Waals surface area contributed by atoms with E-state index >= 15 is 0 Å². The summed E-state index contributed by atoms with van der Waals surface area (Å²) in [7, 11) is 0. The Bertz CT molecular complexity index is 356. The van der Waals surface area contributed by atoms with Gasteiger partial charge in [0.2, 0.25) is 0 Å². The standard InChI is InChI=1S/C22H40N2/c1-3-7-18(8-4-1)19-11-13-21(14-12-19)22(24-16-15-23-17-24)20-9-5-2-6-10-20/h18-23H,1-17H2/t19?,21?,22-/m0/s1. The van der Waals surface area contributed by atoms with Crippen molar-refractivity contribution >= 4 is 0 Å². The zero-order valence-electron chi connectivity index (χ0n) is 15.9. The summed E-state index contributed by atoms with van der Waals surface area (Å²) in [5.41, 5.74) is 0. The van der Waals surface area contributed by atoms with Crippen molar-refractivity contribution in [3.05, 3.63) is 0 Å². The number of nitrogens with one attached hydrogen (secondary N) is 1.